The second-order valence-electron chi connectivity index (χ2n) is 7.82. The van der Waals surface area contributed by atoms with E-state index in [1.54, 1.807) is 13.1 Å². The van der Waals surface area contributed by atoms with Crippen LogP contribution >= 0.6 is 0 Å². The average molecular weight is 425 g/mol. The number of aryl methyl sites for hydroxylation is 1. The van der Waals surface area contributed by atoms with E-state index in [2.05, 4.69) is 17.2 Å². The number of hydrogen-bond donors (Lipinski definition) is 2. The van der Waals surface area contributed by atoms with Crippen molar-refractivity contribution in [3.05, 3.63) is 34.2 Å². The Morgan fingerprint density at radius 3 is 2.65 bits per heavy atom. The summed E-state index contributed by atoms with van der Waals surface area (Å²) in [6, 6.07) is 4.76. The average Bonchev–Trinajstić information content (AvgIpc) is 2.98. The summed E-state index contributed by atoms with van der Waals surface area (Å²) in [5.41, 5.74) is 1.73. The summed E-state index contributed by atoms with van der Waals surface area (Å²) in [4.78, 5) is 47.2. The molecule has 1 aromatic heterocycles. The van der Waals surface area contributed by atoms with Crippen molar-refractivity contribution in [2.24, 2.45) is 7.05 Å². The zero-order valence-corrected chi connectivity index (χ0v) is 17.6. The Balaban J connectivity index is 1.70. The highest BCUT2D eigenvalue weighted by Gasteiger charge is 2.31. The van der Waals surface area contributed by atoms with Crippen molar-refractivity contribution in [3.8, 4) is 11.8 Å². The van der Waals surface area contributed by atoms with Crippen molar-refractivity contribution in [2.45, 2.75) is 63.8 Å². The van der Waals surface area contributed by atoms with E-state index in [1.807, 2.05) is 12.1 Å². The summed E-state index contributed by atoms with van der Waals surface area (Å²) in [6.07, 6.45) is 6.00. The predicted molar refractivity (Wildman–Crippen MR) is 115 cm³/mol. The molecule has 2 N–H and O–H groups in total. The van der Waals surface area contributed by atoms with Gasteiger partial charge in [-0.2, -0.15) is 0 Å². The Hall–Kier alpha value is -3.34. The molecule has 0 radical (unpaired) electrons. The van der Waals surface area contributed by atoms with Crippen molar-refractivity contribution in [2.75, 3.05) is 0 Å². The molecule has 2 aromatic rings. The fourth-order valence-electron chi connectivity index (χ4n) is 3.95. The van der Waals surface area contributed by atoms with E-state index in [1.165, 1.54) is 9.13 Å². The molecule has 164 valence electrons. The Morgan fingerprint density at radius 1 is 1.16 bits per heavy atom. The number of unbranched alkanes of at least 4 members (excludes halogenated alkanes) is 5. The smallest absolute Gasteiger partial charge is 0.329 e. The van der Waals surface area contributed by atoms with Gasteiger partial charge in [0.05, 0.1) is 16.6 Å². The van der Waals surface area contributed by atoms with Gasteiger partial charge in [-0.05, 0) is 31.4 Å². The van der Waals surface area contributed by atoms with Crippen LogP contribution in [0.25, 0.3) is 11.0 Å². The van der Waals surface area contributed by atoms with Crippen molar-refractivity contribution in [1.29, 1.82) is 0 Å². The zero-order valence-electron chi connectivity index (χ0n) is 17.6. The van der Waals surface area contributed by atoms with Crippen LogP contribution in [-0.4, -0.2) is 32.0 Å². The van der Waals surface area contributed by atoms with Crippen LogP contribution in [0.15, 0.2) is 23.0 Å². The molecule has 8 heteroatoms. The van der Waals surface area contributed by atoms with Gasteiger partial charge in [0, 0.05) is 26.3 Å². The lowest BCUT2D eigenvalue weighted by Crippen LogP contribution is -2.44. The first-order valence-electron chi connectivity index (χ1n) is 10.6. The van der Waals surface area contributed by atoms with Crippen molar-refractivity contribution >= 4 is 28.8 Å². The third kappa shape index (κ3) is 5.23. The standard InChI is InChI=1S/C23H27N3O5/c1-25-21-16(10-7-5-3-2-4-6-8-13-20(28)29)11-9-12-17(21)26(23(25)31)18-14-15-19(27)24-22(18)30/h9,11-12,18H,2-6,8,13-15H2,1H3,(H,28,29)(H,24,27,30). The summed E-state index contributed by atoms with van der Waals surface area (Å²) >= 11 is 0. The van der Waals surface area contributed by atoms with Gasteiger partial charge in [0.2, 0.25) is 11.8 Å². The molecule has 1 atom stereocenters. The predicted octanol–water partition coefficient (Wildman–Crippen LogP) is 2.48. The number of imidazole rings is 1. The quantitative estimate of drug-likeness (QED) is 0.384. The number of imide groups is 1. The number of fused-ring (bicyclic) bond motifs is 1. The highest BCUT2D eigenvalue weighted by Crippen LogP contribution is 2.24. The number of aromatic nitrogens is 2. The second kappa shape index (κ2) is 10.1. The Bertz CT molecular complexity index is 1120. The maximum atomic E-state index is 12.9. The summed E-state index contributed by atoms with van der Waals surface area (Å²) in [6.45, 7) is 0. The molecule has 1 unspecified atom stereocenters. The van der Waals surface area contributed by atoms with E-state index in [9.17, 15) is 19.2 Å². The molecule has 1 aromatic carbocycles. The lowest BCUT2D eigenvalue weighted by Gasteiger charge is -2.21. The molecular formula is C23H27N3O5. The molecule has 1 aliphatic rings. The maximum absolute atomic E-state index is 12.9. The summed E-state index contributed by atoms with van der Waals surface area (Å²) < 4.78 is 2.96. The van der Waals surface area contributed by atoms with Gasteiger partial charge in [-0.15, -0.1) is 0 Å². The van der Waals surface area contributed by atoms with E-state index < -0.39 is 17.9 Å². The minimum Gasteiger partial charge on any atom is -0.481 e. The second-order valence-corrected chi connectivity index (χ2v) is 7.82. The highest BCUT2D eigenvalue weighted by atomic mass is 16.4. The highest BCUT2D eigenvalue weighted by molar-refractivity contribution is 6.00. The van der Waals surface area contributed by atoms with Gasteiger partial charge >= 0.3 is 11.7 Å². The monoisotopic (exact) mass is 425 g/mol. The number of benzene rings is 1. The molecular weight excluding hydrogens is 398 g/mol. The van der Waals surface area contributed by atoms with Crippen LogP contribution in [0.1, 0.15) is 69.4 Å². The fourth-order valence-corrected chi connectivity index (χ4v) is 3.95. The van der Waals surface area contributed by atoms with Gasteiger partial charge in [0.1, 0.15) is 6.04 Å². The third-order valence-electron chi connectivity index (χ3n) is 5.54. The fraction of sp³-hybridized carbons (Fsp3) is 0.478. The van der Waals surface area contributed by atoms with Gasteiger partial charge in [0.15, 0.2) is 0 Å². The number of carbonyl (C=O) groups excluding carboxylic acids is 2. The van der Waals surface area contributed by atoms with Crippen molar-refractivity contribution < 1.29 is 19.5 Å². The number of rotatable bonds is 8. The largest absolute Gasteiger partial charge is 0.481 e. The van der Waals surface area contributed by atoms with Crippen LogP contribution in [0.4, 0.5) is 0 Å². The number of nitrogens with zero attached hydrogens (tertiary/aromatic N) is 2. The van der Waals surface area contributed by atoms with Crippen molar-refractivity contribution in [1.82, 2.24) is 14.5 Å². The van der Waals surface area contributed by atoms with Gasteiger partial charge in [-0.25, -0.2) is 4.79 Å². The van der Waals surface area contributed by atoms with E-state index in [0.717, 1.165) is 37.7 Å². The summed E-state index contributed by atoms with van der Waals surface area (Å²) in [5, 5.41) is 10.9. The molecule has 0 bridgehead atoms. The lowest BCUT2D eigenvalue weighted by molar-refractivity contribution is -0.137. The van der Waals surface area contributed by atoms with E-state index in [0.29, 0.717) is 23.9 Å². The molecule has 1 aliphatic heterocycles. The number of nitrogens with one attached hydrogen (secondary N) is 1. The zero-order chi connectivity index (χ0) is 22.4. The number of hydrogen-bond acceptors (Lipinski definition) is 4. The Labute approximate surface area is 180 Å². The Morgan fingerprint density at radius 2 is 1.90 bits per heavy atom. The van der Waals surface area contributed by atoms with E-state index >= 15 is 0 Å². The molecule has 0 spiro atoms. The van der Waals surface area contributed by atoms with Gasteiger partial charge in [-0.3, -0.25) is 28.8 Å². The van der Waals surface area contributed by atoms with Crippen molar-refractivity contribution in [3.63, 3.8) is 0 Å². The molecule has 0 aliphatic carbocycles. The minimum atomic E-state index is -0.749. The molecule has 2 amide bonds. The summed E-state index contributed by atoms with van der Waals surface area (Å²) in [7, 11) is 1.66. The number of piperidine rings is 1. The van der Waals surface area contributed by atoms with E-state index in [-0.39, 0.29) is 24.4 Å². The van der Waals surface area contributed by atoms with Crippen LogP contribution in [0.2, 0.25) is 0 Å². The SMILES string of the molecule is Cn1c(=O)n(C2CCC(=O)NC2=O)c2cccc(C#CCCCCCCCC(=O)O)c21. The summed E-state index contributed by atoms with van der Waals surface area (Å²) in [5.74, 6) is 4.79. The topological polar surface area (TPSA) is 110 Å². The lowest BCUT2D eigenvalue weighted by atomic mass is 10.1. The number of carboxylic acid groups (broad SMARTS) is 1. The number of aliphatic carboxylic acids is 1. The number of amides is 2. The van der Waals surface area contributed by atoms with Crippen LogP contribution in [0.5, 0.6) is 0 Å². The number of carbonyl (C=O) groups is 3. The first-order valence-corrected chi connectivity index (χ1v) is 10.6. The van der Waals surface area contributed by atoms with Gasteiger partial charge in [-0.1, -0.05) is 37.2 Å². The molecule has 31 heavy (non-hydrogen) atoms. The molecule has 1 saturated heterocycles. The third-order valence-corrected chi connectivity index (χ3v) is 5.54. The normalized spacial score (nSPS) is 16.1. The first kappa shape index (κ1) is 22.3. The molecule has 3 rings (SSSR count). The number of para-hydroxylation sites is 1. The first-order chi connectivity index (χ1) is 14.9. The maximum Gasteiger partial charge on any atom is 0.329 e. The molecule has 8 nitrogen and oxygen atoms in total. The van der Waals surface area contributed by atoms with Crippen LogP contribution in [0, 0.1) is 11.8 Å². The van der Waals surface area contributed by atoms with E-state index in [4.69, 9.17) is 5.11 Å². The van der Waals surface area contributed by atoms with Crippen LogP contribution in [-0.2, 0) is 21.4 Å². The Kier molecular flexibility index (Phi) is 7.29. The molecule has 2 heterocycles. The number of carboxylic acids is 1. The van der Waals surface area contributed by atoms with Gasteiger partial charge < -0.3 is 5.11 Å². The van der Waals surface area contributed by atoms with Crippen LogP contribution in [0.3, 0.4) is 0 Å². The molecule has 0 saturated carbocycles. The molecule has 1 fully saturated rings. The van der Waals surface area contributed by atoms with Gasteiger partial charge in [0.25, 0.3) is 0 Å². The van der Waals surface area contributed by atoms with Crippen LogP contribution < -0.4 is 11.0 Å². The minimum absolute atomic E-state index is 0.203.